The molecule has 1 atom stereocenters. The fourth-order valence-electron chi connectivity index (χ4n) is 3.68. The van der Waals surface area contributed by atoms with Crippen LogP contribution >= 0.6 is 0 Å². The van der Waals surface area contributed by atoms with E-state index >= 15 is 0 Å². The lowest BCUT2D eigenvalue weighted by atomic mass is 9.95. The van der Waals surface area contributed by atoms with Crippen LogP contribution in [0, 0.1) is 5.92 Å². The second-order valence-electron chi connectivity index (χ2n) is 7.34. The third-order valence-corrected chi connectivity index (χ3v) is 5.17. The Labute approximate surface area is 144 Å². The molecule has 24 heavy (non-hydrogen) atoms. The molecule has 3 rings (SSSR count). The van der Waals surface area contributed by atoms with Crippen molar-refractivity contribution in [1.29, 1.82) is 0 Å². The first-order valence-electron chi connectivity index (χ1n) is 9.13. The molecule has 0 saturated carbocycles. The maximum atomic E-state index is 12.5. The fourth-order valence-corrected chi connectivity index (χ4v) is 3.68. The number of piperidine rings is 1. The Morgan fingerprint density at radius 2 is 1.88 bits per heavy atom. The first-order valence-corrected chi connectivity index (χ1v) is 9.13. The van der Waals surface area contributed by atoms with E-state index in [1.54, 1.807) is 0 Å². The number of para-hydroxylation sites is 1. The molecule has 1 unspecified atom stereocenters. The molecule has 1 aliphatic heterocycles. The maximum Gasteiger partial charge on any atom is 0.223 e. The number of rotatable bonds is 5. The Kier molecular flexibility index (Phi) is 5.24. The van der Waals surface area contributed by atoms with Crippen molar-refractivity contribution in [3.63, 3.8) is 0 Å². The molecule has 1 aromatic carbocycles. The Hall–Kier alpha value is -1.81. The molecule has 1 saturated heterocycles. The van der Waals surface area contributed by atoms with Gasteiger partial charge in [0.15, 0.2) is 0 Å². The molecule has 2 aromatic rings. The van der Waals surface area contributed by atoms with Crippen LogP contribution in [0.25, 0.3) is 10.9 Å². The lowest BCUT2D eigenvalue weighted by Crippen LogP contribution is -2.45. The number of benzene rings is 1. The van der Waals surface area contributed by atoms with Crippen LogP contribution in [0.4, 0.5) is 0 Å². The summed E-state index contributed by atoms with van der Waals surface area (Å²) in [5, 5.41) is 4.47. The number of nitrogens with one attached hydrogen (secondary N) is 1. The minimum atomic E-state index is 0.136. The molecule has 2 heterocycles. The van der Waals surface area contributed by atoms with Gasteiger partial charge in [0.1, 0.15) is 0 Å². The summed E-state index contributed by atoms with van der Waals surface area (Å²) in [4.78, 5) is 15.0. The van der Waals surface area contributed by atoms with Crippen molar-refractivity contribution >= 4 is 16.8 Å². The third kappa shape index (κ3) is 3.81. The molecular weight excluding hydrogens is 298 g/mol. The van der Waals surface area contributed by atoms with Gasteiger partial charge < -0.3 is 14.8 Å². The number of aromatic nitrogens is 1. The number of fused-ring (bicyclic) bond motifs is 1. The Bertz CT molecular complexity index is 683. The fraction of sp³-hybridized carbons (Fsp3) is 0.550. The van der Waals surface area contributed by atoms with Gasteiger partial charge in [0.25, 0.3) is 0 Å². The maximum absolute atomic E-state index is 12.5. The van der Waals surface area contributed by atoms with Gasteiger partial charge in [0.2, 0.25) is 5.91 Å². The summed E-state index contributed by atoms with van der Waals surface area (Å²) in [6.45, 7) is 9.42. The van der Waals surface area contributed by atoms with E-state index in [4.69, 9.17) is 0 Å². The monoisotopic (exact) mass is 327 g/mol. The number of likely N-dealkylation sites (tertiary alicyclic amines) is 1. The Morgan fingerprint density at radius 1 is 1.17 bits per heavy atom. The molecule has 1 amide bonds. The van der Waals surface area contributed by atoms with Crippen molar-refractivity contribution in [3.05, 3.63) is 36.5 Å². The van der Waals surface area contributed by atoms with E-state index in [0.717, 1.165) is 32.5 Å². The largest absolute Gasteiger partial charge is 0.352 e. The van der Waals surface area contributed by atoms with Gasteiger partial charge in [-0.05, 0) is 64.2 Å². The van der Waals surface area contributed by atoms with Gasteiger partial charge in [0.05, 0.1) is 0 Å². The quantitative estimate of drug-likeness (QED) is 0.915. The molecule has 1 aliphatic rings. The van der Waals surface area contributed by atoms with Crippen molar-refractivity contribution in [2.75, 3.05) is 13.1 Å². The Balaban J connectivity index is 1.53. The minimum absolute atomic E-state index is 0.136. The summed E-state index contributed by atoms with van der Waals surface area (Å²) in [7, 11) is 0. The van der Waals surface area contributed by atoms with Crippen LogP contribution in [0.1, 0.15) is 33.6 Å². The molecule has 1 fully saturated rings. The van der Waals surface area contributed by atoms with Crippen LogP contribution in [0.15, 0.2) is 36.5 Å². The molecule has 4 nitrogen and oxygen atoms in total. The summed E-state index contributed by atoms with van der Waals surface area (Å²) in [5.74, 6) is 0.395. The van der Waals surface area contributed by atoms with Crippen LogP contribution < -0.4 is 5.32 Å². The molecule has 0 bridgehead atoms. The van der Waals surface area contributed by atoms with Crippen molar-refractivity contribution in [2.24, 2.45) is 5.92 Å². The Morgan fingerprint density at radius 3 is 2.58 bits per heavy atom. The van der Waals surface area contributed by atoms with Gasteiger partial charge in [-0.3, -0.25) is 4.79 Å². The number of amides is 1. The highest BCUT2D eigenvalue weighted by molar-refractivity contribution is 5.80. The summed E-state index contributed by atoms with van der Waals surface area (Å²) in [6, 6.07) is 11.2. The molecule has 1 N–H and O–H groups in total. The highest BCUT2D eigenvalue weighted by Crippen LogP contribution is 2.20. The van der Waals surface area contributed by atoms with E-state index in [-0.39, 0.29) is 17.9 Å². The summed E-state index contributed by atoms with van der Waals surface area (Å²) in [6.07, 6.45) is 4.06. The van der Waals surface area contributed by atoms with Crippen molar-refractivity contribution < 1.29 is 4.79 Å². The third-order valence-electron chi connectivity index (χ3n) is 5.17. The smallest absolute Gasteiger partial charge is 0.223 e. The lowest BCUT2D eigenvalue weighted by Gasteiger charge is -2.34. The number of carbonyl (C=O) groups excluding carboxylic acids is 1. The SMILES string of the molecule is CC(Cn1ccc2ccccc21)NC(=O)C1CCN(C(C)C)CC1. The highest BCUT2D eigenvalue weighted by atomic mass is 16.1. The summed E-state index contributed by atoms with van der Waals surface area (Å²) in [5.41, 5.74) is 1.23. The molecule has 1 aromatic heterocycles. The first kappa shape index (κ1) is 17.0. The zero-order valence-corrected chi connectivity index (χ0v) is 15.0. The van der Waals surface area contributed by atoms with Crippen LogP contribution in [0.5, 0.6) is 0 Å². The molecule has 0 aliphatic carbocycles. The van der Waals surface area contributed by atoms with E-state index in [9.17, 15) is 4.79 Å². The van der Waals surface area contributed by atoms with Crippen molar-refractivity contribution in [3.8, 4) is 0 Å². The van der Waals surface area contributed by atoms with Gasteiger partial charge in [-0.1, -0.05) is 18.2 Å². The van der Waals surface area contributed by atoms with Crippen LogP contribution in [0.2, 0.25) is 0 Å². The van der Waals surface area contributed by atoms with Gasteiger partial charge in [-0.25, -0.2) is 0 Å². The zero-order chi connectivity index (χ0) is 17.1. The lowest BCUT2D eigenvalue weighted by molar-refractivity contribution is -0.127. The minimum Gasteiger partial charge on any atom is -0.352 e. The van der Waals surface area contributed by atoms with E-state index in [1.165, 1.54) is 10.9 Å². The second-order valence-corrected chi connectivity index (χ2v) is 7.34. The van der Waals surface area contributed by atoms with Crippen molar-refractivity contribution in [1.82, 2.24) is 14.8 Å². The normalized spacial score (nSPS) is 18.2. The van der Waals surface area contributed by atoms with Gasteiger partial charge in [-0.2, -0.15) is 0 Å². The number of hydrogen-bond donors (Lipinski definition) is 1. The predicted molar refractivity (Wildman–Crippen MR) is 99.0 cm³/mol. The molecular formula is C20H29N3O. The topological polar surface area (TPSA) is 37.3 Å². The standard InChI is InChI=1S/C20H29N3O/c1-15(2)22-11-9-18(10-12-22)20(24)21-16(3)14-23-13-8-17-6-4-5-7-19(17)23/h4-8,13,15-16,18H,9-12,14H2,1-3H3,(H,21,24). The summed E-state index contributed by atoms with van der Waals surface area (Å²) >= 11 is 0. The van der Waals surface area contributed by atoms with Crippen LogP contribution in [0.3, 0.4) is 0 Å². The van der Waals surface area contributed by atoms with Gasteiger partial charge in [-0.15, -0.1) is 0 Å². The first-order chi connectivity index (χ1) is 11.5. The number of nitrogens with zero attached hydrogens (tertiary/aromatic N) is 2. The molecule has 130 valence electrons. The van der Waals surface area contributed by atoms with Gasteiger partial charge in [0, 0.05) is 36.3 Å². The molecule has 0 spiro atoms. The zero-order valence-electron chi connectivity index (χ0n) is 15.0. The van der Waals surface area contributed by atoms with E-state index in [1.807, 2.05) is 0 Å². The average Bonchev–Trinajstić information content (AvgIpc) is 2.98. The average molecular weight is 327 g/mol. The molecule has 4 heteroatoms. The van der Waals surface area contributed by atoms with E-state index in [2.05, 4.69) is 72.1 Å². The van der Waals surface area contributed by atoms with Crippen molar-refractivity contribution in [2.45, 2.75) is 52.2 Å². The number of carbonyl (C=O) groups is 1. The predicted octanol–water partition coefficient (Wildman–Crippen LogP) is 3.27. The summed E-state index contributed by atoms with van der Waals surface area (Å²) < 4.78 is 2.22. The highest BCUT2D eigenvalue weighted by Gasteiger charge is 2.26. The van der Waals surface area contributed by atoms with Gasteiger partial charge >= 0.3 is 0 Å². The van der Waals surface area contributed by atoms with Crippen LogP contribution in [-0.4, -0.2) is 40.5 Å². The van der Waals surface area contributed by atoms with E-state index < -0.39 is 0 Å². The van der Waals surface area contributed by atoms with Crippen LogP contribution in [-0.2, 0) is 11.3 Å². The molecule has 0 radical (unpaired) electrons. The number of hydrogen-bond acceptors (Lipinski definition) is 2. The second kappa shape index (κ2) is 7.39. The van der Waals surface area contributed by atoms with E-state index in [0.29, 0.717) is 6.04 Å².